The van der Waals surface area contributed by atoms with E-state index < -0.39 is 0 Å². The minimum Gasteiger partial charge on any atom is -0.302 e. The maximum Gasteiger partial charge on any atom is 0.0170 e. The molecule has 1 saturated heterocycles. The fourth-order valence-electron chi connectivity index (χ4n) is 2.22. The van der Waals surface area contributed by atoms with Crippen LogP contribution in [-0.4, -0.2) is 24.5 Å². The molecule has 1 heteroatoms. The van der Waals surface area contributed by atoms with E-state index in [-0.39, 0.29) is 0 Å². The van der Waals surface area contributed by atoms with Gasteiger partial charge in [-0.15, -0.1) is 0 Å². The second-order valence-electron chi connectivity index (χ2n) is 4.17. The first kappa shape index (κ1) is 8.76. The van der Waals surface area contributed by atoms with Crippen molar-refractivity contribution in [3.05, 3.63) is 35.9 Å². The van der Waals surface area contributed by atoms with E-state index in [4.69, 9.17) is 0 Å². The van der Waals surface area contributed by atoms with Crippen molar-refractivity contribution in [3.63, 3.8) is 0 Å². The van der Waals surface area contributed by atoms with Crippen LogP contribution in [0.3, 0.4) is 0 Å². The van der Waals surface area contributed by atoms with Gasteiger partial charge >= 0.3 is 0 Å². The summed E-state index contributed by atoms with van der Waals surface area (Å²) in [5.41, 5.74) is 1.46. The highest BCUT2D eigenvalue weighted by Crippen LogP contribution is 2.25. The molecule has 1 fully saturated rings. The Morgan fingerprint density at radius 2 is 2.00 bits per heavy atom. The molecule has 2 rings (SSSR count). The molecule has 0 aromatic heterocycles. The smallest absolute Gasteiger partial charge is 0.0170 e. The lowest BCUT2D eigenvalue weighted by Gasteiger charge is -2.44. The number of nitrogens with zero attached hydrogens (tertiary/aromatic N) is 1. The second kappa shape index (κ2) is 3.51. The van der Waals surface area contributed by atoms with Gasteiger partial charge in [-0.3, -0.25) is 0 Å². The van der Waals surface area contributed by atoms with Gasteiger partial charge in [0.2, 0.25) is 0 Å². The predicted octanol–water partition coefficient (Wildman–Crippen LogP) is 2.18. The Balaban J connectivity index is 1.99. The van der Waals surface area contributed by atoms with Crippen LogP contribution in [0.1, 0.15) is 12.5 Å². The molecule has 2 atom stereocenters. The van der Waals surface area contributed by atoms with Gasteiger partial charge in [-0.2, -0.15) is 0 Å². The third-order valence-electron chi connectivity index (χ3n) is 3.09. The highest BCUT2D eigenvalue weighted by Gasteiger charge is 2.31. The van der Waals surface area contributed by atoms with E-state index in [1.54, 1.807) is 0 Å². The molecular weight excluding hydrogens is 158 g/mol. The molecule has 2 unspecified atom stereocenters. The van der Waals surface area contributed by atoms with Gasteiger partial charge in [-0.05, 0) is 24.9 Å². The van der Waals surface area contributed by atoms with Crippen molar-refractivity contribution in [2.45, 2.75) is 19.4 Å². The highest BCUT2D eigenvalue weighted by molar-refractivity contribution is 5.17. The Kier molecular flexibility index (Phi) is 2.36. The molecule has 1 aromatic carbocycles. The maximum atomic E-state index is 2.44. The van der Waals surface area contributed by atoms with E-state index in [1.165, 1.54) is 18.5 Å². The molecule has 70 valence electrons. The normalized spacial score (nSPS) is 28.5. The summed E-state index contributed by atoms with van der Waals surface area (Å²) in [6.07, 6.45) is 1.21. The summed E-state index contributed by atoms with van der Waals surface area (Å²) < 4.78 is 0. The first-order valence-electron chi connectivity index (χ1n) is 5.01. The molecule has 1 aliphatic heterocycles. The van der Waals surface area contributed by atoms with E-state index in [2.05, 4.69) is 49.2 Å². The molecule has 0 amide bonds. The lowest BCUT2D eigenvalue weighted by molar-refractivity contribution is 0.0540. The fraction of sp³-hybridized carbons (Fsp3) is 0.500. The van der Waals surface area contributed by atoms with Crippen LogP contribution >= 0.6 is 0 Å². The average Bonchev–Trinajstić information content (AvgIpc) is 2.16. The summed E-state index contributed by atoms with van der Waals surface area (Å²) in [6, 6.07) is 11.5. The van der Waals surface area contributed by atoms with Gasteiger partial charge in [0.1, 0.15) is 0 Å². The number of likely N-dealkylation sites (N-methyl/N-ethyl adjacent to an activating group) is 1. The summed E-state index contributed by atoms with van der Waals surface area (Å²) in [5.74, 6) is 0.866. The van der Waals surface area contributed by atoms with Crippen molar-refractivity contribution in [1.29, 1.82) is 0 Å². The molecular formula is C12H17N. The van der Waals surface area contributed by atoms with Gasteiger partial charge in [0.05, 0.1) is 0 Å². The zero-order chi connectivity index (χ0) is 9.26. The Hall–Kier alpha value is -0.820. The SMILES string of the molecule is CC1CN(C)C1Cc1ccccc1. The molecule has 1 nitrogen and oxygen atoms in total. The molecule has 1 aromatic rings. The van der Waals surface area contributed by atoms with Crippen molar-refractivity contribution in [2.75, 3.05) is 13.6 Å². The van der Waals surface area contributed by atoms with E-state index in [0.717, 1.165) is 12.0 Å². The largest absolute Gasteiger partial charge is 0.302 e. The van der Waals surface area contributed by atoms with Gasteiger partial charge in [0.25, 0.3) is 0 Å². The van der Waals surface area contributed by atoms with Crippen LogP contribution in [0.15, 0.2) is 30.3 Å². The monoisotopic (exact) mass is 175 g/mol. The van der Waals surface area contributed by atoms with Crippen molar-refractivity contribution in [3.8, 4) is 0 Å². The highest BCUT2D eigenvalue weighted by atomic mass is 15.2. The summed E-state index contributed by atoms with van der Waals surface area (Å²) in [7, 11) is 2.22. The standard InChI is InChI=1S/C12H17N/c1-10-9-13(2)12(10)8-11-6-4-3-5-7-11/h3-7,10,12H,8-9H2,1-2H3. The van der Waals surface area contributed by atoms with Crippen LogP contribution in [-0.2, 0) is 6.42 Å². The van der Waals surface area contributed by atoms with Gasteiger partial charge in [0.15, 0.2) is 0 Å². The molecule has 1 heterocycles. The van der Waals surface area contributed by atoms with Gasteiger partial charge in [-0.25, -0.2) is 0 Å². The average molecular weight is 175 g/mol. The van der Waals surface area contributed by atoms with Crippen molar-refractivity contribution >= 4 is 0 Å². The quantitative estimate of drug-likeness (QED) is 0.666. The predicted molar refractivity (Wildman–Crippen MR) is 55.7 cm³/mol. The fourth-order valence-corrected chi connectivity index (χ4v) is 2.22. The van der Waals surface area contributed by atoms with Crippen LogP contribution in [0.5, 0.6) is 0 Å². The molecule has 13 heavy (non-hydrogen) atoms. The van der Waals surface area contributed by atoms with E-state index in [1.807, 2.05) is 0 Å². The Morgan fingerprint density at radius 1 is 1.31 bits per heavy atom. The van der Waals surface area contributed by atoms with Crippen LogP contribution in [0, 0.1) is 5.92 Å². The van der Waals surface area contributed by atoms with Crippen molar-refractivity contribution in [1.82, 2.24) is 4.90 Å². The first-order valence-corrected chi connectivity index (χ1v) is 5.01. The van der Waals surface area contributed by atoms with Gasteiger partial charge in [-0.1, -0.05) is 37.3 Å². The minimum atomic E-state index is 0.766. The summed E-state index contributed by atoms with van der Waals surface area (Å²) in [6.45, 7) is 3.60. The summed E-state index contributed by atoms with van der Waals surface area (Å²) in [4.78, 5) is 2.44. The number of likely N-dealkylation sites (tertiary alicyclic amines) is 1. The van der Waals surface area contributed by atoms with Crippen LogP contribution in [0.25, 0.3) is 0 Å². The number of rotatable bonds is 2. The lowest BCUT2D eigenvalue weighted by Crippen LogP contribution is -2.53. The zero-order valence-electron chi connectivity index (χ0n) is 8.40. The van der Waals surface area contributed by atoms with Crippen molar-refractivity contribution in [2.24, 2.45) is 5.92 Å². The van der Waals surface area contributed by atoms with E-state index in [0.29, 0.717) is 0 Å². The number of hydrogen-bond acceptors (Lipinski definition) is 1. The van der Waals surface area contributed by atoms with Crippen molar-refractivity contribution < 1.29 is 0 Å². The Morgan fingerprint density at radius 3 is 2.54 bits per heavy atom. The van der Waals surface area contributed by atoms with Crippen LogP contribution < -0.4 is 0 Å². The first-order chi connectivity index (χ1) is 6.27. The summed E-state index contributed by atoms with van der Waals surface area (Å²) >= 11 is 0. The molecule has 0 radical (unpaired) electrons. The third-order valence-corrected chi connectivity index (χ3v) is 3.09. The topological polar surface area (TPSA) is 3.24 Å². The molecule has 0 saturated carbocycles. The van der Waals surface area contributed by atoms with Gasteiger partial charge < -0.3 is 4.90 Å². The van der Waals surface area contributed by atoms with E-state index >= 15 is 0 Å². The maximum absolute atomic E-state index is 2.44. The zero-order valence-corrected chi connectivity index (χ0v) is 8.40. The Bertz CT molecular complexity index is 260. The molecule has 1 aliphatic rings. The van der Waals surface area contributed by atoms with Gasteiger partial charge in [0, 0.05) is 12.6 Å². The molecule has 0 bridgehead atoms. The lowest BCUT2D eigenvalue weighted by atomic mass is 9.86. The number of benzene rings is 1. The molecule has 0 N–H and O–H groups in total. The summed E-state index contributed by atoms with van der Waals surface area (Å²) in [5, 5.41) is 0. The third kappa shape index (κ3) is 1.75. The number of hydrogen-bond donors (Lipinski definition) is 0. The van der Waals surface area contributed by atoms with Crippen LogP contribution in [0.4, 0.5) is 0 Å². The Labute approximate surface area is 80.4 Å². The van der Waals surface area contributed by atoms with E-state index in [9.17, 15) is 0 Å². The van der Waals surface area contributed by atoms with Crippen LogP contribution in [0.2, 0.25) is 0 Å². The molecule has 0 spiro atoms. The minimum absolute atomic E-state index is 0.766. The second-order valence-corrected chi connectivity index (χ2v) is 4.17. The molecule has 0 aliphatic carbocycles.